The summed E-state index contributed by atoms with van der Waals surface area (Å²) in [5, 5.41) is -0.251. The molecule has 1 heterocycles. The van der Waals surface area contributed by atoms with Crippen molar-refractivity contribution < 1.29 is 17.8 Å². The van der Waals surface area contributed by atoms with Crippen molar-refractivity contribution >= 4 is 39.4 Å². The minimum atomic E-state index is -4.02. The number of thioether (sulfide) groups is 2. The van der Waals surface area contributed by atoms with Gasteiger partial charge in [-0.15, -0.1) is 23.5 Å². The maximum atomic E-state index is 11.8. The molecule has 0 bridgehead atoms. The molecule has 0 saturated carbocycles. The molecule has 1 rings (SSSR count). The lowest BCUT2D eigenvalue weighted by molar-refractivity contribution is -0.114. The molecule has 0 aliphatic carbocycles. The second kappa shape index (κ2) is 5.34. The van der Waals surface area contributed by atoms with E-state index in [-0.39, 0.29) is 16.8 Å². The third-order valence-corrected chi connectivity index (χ3v) is 7.57. The Morgan fingerprint density at radius 1 is 1.59 bits per heavy atom. The lowest BCUT2D eigenvalue weighted by atomic mass is 10.2. The molecule has 1 N–H and O–H groups in total. The highest BCUT2D eigenvalue weighted by Crippen LogP contribution is 2.51. The van der Waals surface area contributed by atoms with Crippen LogP contribution in [0.1, 0.15) is 20.3 Å². The van der Waals surface area contributed by atoms with Crippen LogP contribution in [0.15, 0.2) is 12.2 Å². The van der Waals surface area contributed by atoms with Crippen LogP contribution in [0.3, 0.4) is 0 Å². The van der Waals surface area contributed by atoms with Gasteiger partial charge in [0.2, 0.25) is 0 Å². The Bertz CT molecular complexity index is 429. The van der Waals surface area contributed by atoms with Crippen molar-refractivity contribution in [2.75, 3.05) is 11.5 Å². The highest BCUT2D eigenvalue weighted by atomic mass is 32.2. The molecule has 2 atom stereocenters. The predicted octanol–water partition coefficient (Wildman–Crippen LogP) is 1.97. The minimum absolute atomic E-state index is 0.0341. The number of ketones is 1. The van der Waals surface area contributed by atoms with Gasteiger partial charge in [0.1, 0.15) is 0 Å². The van der Waals surface area contributed by atoms with E-state index in [1.165, 1.54) is 23.5 Å². The number of hydrogen-bond donors (Lipinski definition) is 1. The molecule has 0 amide bonds. The SMILES string of the molecule is C=C(C)C(=O)C1CSC(CC)(CS(=O)(=O)O)S1. The molecule has 1 fully saturated rings. The van der Waals surface area contributed by atoms with Crippen LogP contribution in [0.25, 0.3) is 0 Å². The fraction of sp³-hybridized carbons (Fsp3) is 0.700. The summed E-state index contributed by atoms with van der Waals surface area (Å²) in [6, 6.07) is 0. The third-order valence-electron chi connectivity index (χ3n) is 2.51. The van der Waals surface area contributed by atoms with Gasteiger partial charge in [-0.25, -0.2) is 0 Å². The number of carbonyl (C=O) groups excluding carboxylic acids is 1. The van der Waals surface area contributed by atoms with Crippen LogP contribution in [0.5, 0.6) is 0 Å². The van der Waals surface area contributed by atoms with Crippen LogP contribution >= 0.6 is 23.5 Å². The first-order valence-electron chi connectivity index (χ1n) is 5.16. The number of hydrogen-bond acceptors (Lipinski definition) is 5. The number of Topliss-reactive ketones (excluding diaryl/α,β-unsaturated/α-hetero) is 1. The number of carbonyl (C=O) groups is 1. The Labute approximate surface area is 110 Å². The zero-order valence-corrected chi connectivity index (χ0v) is 12.3. The zero-order chi connectivity index (χ0) is 13.3. The fourth-order valence-electron chi connectivity index (χ4n) is 1.60. The smallest absolute Gasteiger partial charge is 0.267 e. The van der Waals surface area contributed by atoms with E-state index < -0.39 is 14.2 Å². The summed E-state index contributed by atoms with van der Waals surface area (Å²) in [6.07, 6.45) is 0.585. The van der Waals surface area contributed by atoms with Crippen molar-refractivity contribution in [3.05, 3.63) is 12.2 Å². The normalized spacial score (nSPS) is 29.2. The molecule has 0 aromatic carbocycles. The first-order valence-corrected chi connectivity index (χ1v) is 8.63. The average Bonchev–Trinajstić information content (AvgIpc) is 2.59. The highest BCUT2D eigenvalue weighted by molar-refractivity contribution is 8.22. The first-order chi connectivity index (χ1) is 7.69. The van der Waals surface area contributed by atoms with Gasteiger partial charge < -0.3 is 0 Å². The van der Waals surface area contributed by atoms with E-state index in [1.54, 1.807) is 6.92 Å². The minimum Gasteiger partial charge on any atom is -0.293 e. The Morgan fingerprint density at radius 2 is 2.18 bits per heavy atom. The van der Waals surface area contributed by atoms with Crippen molar-refractivity contribution in [2.24, 2.45) is 0 Å². The Hall–Kier alpha value is 0.0200. The molecular weight excluding hydrogens is 280 g/mol. The first kappa shape index (κ1) is 15.1. The predicted molar refractivity (Wildman–Crippen MR) is 73.1 cm³/mol. The van der Waals surface area contributed by atoms with Gasteiger partial charge in [0.05, 0.1) is 15.1 Å². The van der Waals surface area contributed by atoms with Crippen molar-refractivity contribution in [1.29, 1.82) is 0 Å². The molecule has 98 valence electrons. The summed E-state index contributed by atoms with van der Waals surface area (Å²) in [4.78, 5) is 11.8. The second-order valence-electron chi connectivity index (χ2n) is 4.05. The van der Waals surface area contributed by atoms with Gasteiger partial charge in [-0.2, -0.15) is 8.42 Å². The summed E-state index contributed by atoms with van der Waals surface area (Å²) in [6.45, 7) is 7.12. The summed E-state index contributed by atoms with van der Waals surface area (Å²) in [5.74, 6) is 0.221. The molecule has 2 unspecified atom stereocenters. The molecule has 1 aliphatic rings. The topological polar surface area (TPSA) is 71.4 Å². The van der Waals surface area contributed by atoms with Crippen molar-refractivity contribution in [2.45, 2.75) is 29.6 Å². The molecule has 1 aliphatic heterocycles. The summed E-state index contributed by atoms with van der Waals surface area (Å²) >= 11 is 2.77. The van der Waals surface area contributed by atoms with E-state index in [2.05, 4.69) is 6.58 Å². The quantitative estimate of drug-likeness (QED) is 0.618. The zero-order valence-electron chi connectivity index (χ0n) is 9.80. The van der Waals surface area contributed by atoms with E-state index in [4.69, 9.17) is 4.55 Å². The molecule has 0 radical (unpaired) electrons. The molecule has 1 saturated heterocycles. The Balaban J connectivity index is 2.81. The van der Waals surface area contributed by atoms with Gasteiger partial charge in [-0.1, -0.05) is 13.5 Å². The van der Waals surface area contributed by atoms with Gasteiger partial charge in [-0.05, 0) is 18.9 Å². The van der Waals surface area contributed by atoms with Gasteiger partial charge >= 0.3 is 0 Å². The summed E-state index contributed by atoms with van der Waals surface area (Å²) < 4.78 is 30.3. The van der Waals surface area contributed by atoms with Gasteiger partial charge in [0, 0.05) is 5.75 Å². The fourth-order valence-corrected chi connectivity index (χ4v) is 6.96. The molecular formula is C10H16O4S3. The largest absolute Gasteiger partial charge is 0.293 e. The summed E-state index contributed by atoms with van der Waals surface area (Å²) in [5.41, 5.74) is 0.488. The van der Waals surface area contributed by atoms with E-state index in [0.29, 0.717) is 17.7 Å². The van der Waals surface area contributed by atoms with E-state index in [0.717, 1.165) is 0 Å². The van der Waals surface area contributed by atoms with Crippen LogP contribution < -0.4 is 0 Å². The molecule has 4 nitrogen and oxygen atoms in total. The van der Waals surface area contributed by atoms with Crippen LogP contribution in [0.4, 0.5) is 0 Å². The monoisotopic (exact) mass is 296 g/mol. The van der Waals surface area contributed by atoms with E-state index >= 15 is 0 Å². The van der Waals surface area contributed by atoms with Gasteiger partial charge in [0.25, 0.3) is 10.1 Å². The van der Waals surface area contributed by atoms with Gasteiger partial charge in [0.15, 0.2) is 5.78 Å². The molecule has 0 aromatic heterocycles. The lowest BCUT2D eigenvalue weighted by Gasteiger charge is -2.24. The Morgan fingerprint density at radius 3 is 2.59 bits per heavy atom. The maximum Gasteiger partial charge on any atom is 0.267 e. The van der Waals surface area contributed by atoms with E-state index in [1.807, 2.05) is 6.92 Å². The lowest BCUT2D eigenvalue weighted by Crippen LogP contribution is -2.28. The number of rotatable bonds is 5. The summed E-state index contributed by atoms with van der Waals surface area (Å²) in [7, 11) is -4.02. The van der Waals surface area contributed by atoms with Crippen molar-refractivity contribution in [3.63, 3.8) is 0 Å². The molecule has 17 heavy (non-hydrogen) atoms. The maximum absolute atomic E-state index is 11.8. The third kappa shape index (κ3) is 4.01. The highest BCUT2D eigenvalue weighted by Gasteiger charge is 2.44. The van der Waals surface area contributed by atoms with Crippen molar-refractivity contribution in [1.82, 2.24) is 0 Å². The Kier molecular flexibility index (Phi) is 4.73. The van der Waals surface area contributed by atoms with Crippen LogP contribution in [0.2, 0.25) is 0 Å². The molecule has 0 aromatic rings. The van der Waals surface area contributed by atoms with Crippen LogP contribution in [0, 0.1) is 0 Å². The second-order valence-corrected chi connectivity index (χ2v) is 8.75. The van der Waals surface area contributed by atoms with Crippen LogP contribution in [-0.2, 0) is 14.9 Å². The molecule has 7 heteroatoms. The van der Waals surface area contributed by atoms with Gasteiger partial charge in [-0.3, -0.25) is 9.35 Å². The number of allylic oxidation sites excluding steroid dienone is 1. The van der Waals surface area contributed by atoms with Crippen molar-refractivity contribution in [3.8, 4) is 0 Å². The average molecular weight is 296 g/mol. The standard InChI is InChI=1S/C10H16O4S3/c1-4-10(6-17(12,13)14)15-5-8(16-10)9(11)7(2)3/h8H,2,4-6H2,1,3H3,(H,12,13,14). The van der Waals surface area contributed by atoms with Crippen LogP contribution in [-0.4, -0.2) is 39.6 Å². The van der Waals surface area contributed by atoms with E-state index in [9.17, 15) is 13.2 Å². The molecule has 0 spiro atoms.